The summed E-state index contributed by atoms with van der Waals surface area (Å²) in [6, 6.07) is 3.77. The minimum Gasteiger partial charge on any atom is -0.478 e. The van der Waals surface area contributed by atoms with Crippen molar-refractivity contribution < 1.29 is 9.90 Å². The predicted molar refractivity (Wildman–Crippen MR) is 59.0 cm³/mol. The average molecular weight is 256 g/mol. The number of halogens is 1. The third-order valence-corrected chi connectivity index (χ3v) is 2.44. The Morgan fingerprint density at radius 1 is 1.24 bits per heavy atom. The molecule has 0 aliphatic carbocycles. The van der Waals surface area contributed by atoms with Crippen LogP contribution in [0.2, 0.25) is 5.02 Å². The third kappa shape index (κ3) is 1.87. The molecule has 0 saturated heterocycles. The molecule has 0 spiro atoms. The van der Waals surface area contributed by atoms with Gasteiger partial charge in [-0.1, -0.05) is 11.6 Å². The van der Waals surface area contributed by atoms with Crippen molar-refractivity contribution in [2.45, 2.75) is 0 Å². The number of aromatic nitrogens is 3. The number of carboxylic acids is 1. The van der Waals surface area contributed by atoms with E-state index in [-0.39, 0.29) is 16.3 Å². The summed E-state index contributed by atoms with van der Waals surface area (Å²) in [5.74, 6) is -1.18. The number of nitrogens with zero attached hydrogens (tertiary/aromatic N) is 1. The van der Waals surface area contributed by atoms with Gasteiger partial charge in [0.05, 0.1) is 16.3 Å². The summed E-state index contributed by atoms with van der Waals surface area (Å²) in [5, 5.41) is 12.9. The number of carboxylic acid groups (broad SMARTS) is 1. The van der Waals surface area contributed by atoms with Gasteiger partial charge in [0.25, 0.3) is 0 Å². The second-order valence-electron chi connectivity index (χ2n) is 3.17. The summed E-state index contributed by atoms with van der Waals surface area (Å²) >= 11 is 5.73. The van der Waals surface area contributed by atoms with Gasteiger partial charge in [-0.3, -0.25) is 0 Å². The van der Waals surface area contributed by atoms with Crippen LogP contribution in [-0.4, -0.2) is 25.8 Å². The molecule has 0 saturated carbocycles. The topological polar surface area (TPSA) is 108 Å². The largest absolute Gasteiger partial charge is 0.478 e. The number of rotatable bonds is 2. The Bertz CT molecular complexity index is 669. The van der Waals surface area contributed by atoms with Gasteiger partial charge in [-0.05, 0) is 18.2 Å². The maximum absolute atomic E-state index is 11.3. The van der Waals surface area contributed by atoms with Crippen LogP contribution < -0.4 is 11.4 Å². The van der Waals surface area contributed by atoms with Gasteiger partial charge in [0.1, 0.15) is 0 Å². The van der Waals surface area contributed by atoms with Gasteiger partial charge < -0.3 is 5.11 Å². The van der Waals surface area contributed by atoms with Crippen LogP contribution in [0.25, 0.3) is 5.69 Å². The van der Waals surface area contributed by atoms with Gasteiger partial charge in [-0.2, -0.15) is 0 Å². The van der Waals surface area contributed by atoms with Crippen LogP contribution >= 0.6 is 11.6 Å². The molecule has 1 aromatic carbocycles. The maximum Gasteiger partial charge on any atom is 0.348 e. The van der Waals surface area contributed by atoms with Crippen molar-refractivity contribution in [3.05, 3.63) is 49.8 Å². The van der Waals surface area contributed by atoms with Crippen molar-refractivity contribution in [1.82, 2.24) is 14.8 Å². The van der Waals surface area contributed by atoms with Crippen molar-refractivity contribution in [3.63, 3.8) is 0 Å². The van der Waals surface area contributed by atoms with E-state index < -0.39 is 17.3 Å². The molecule has 2 aromatic rings. The zero-order valence-corrected chi connectivity index (χ0v) is 8.99. The molecule has 3 N–H and O–H groups in total. The van der Waals surface area contributed by atoms with Crippen molar-refractivity contribution in [2.24, 2.45) is 0 Å². The zero-order chi connectivity index (χ0) is 12.6. The van der Waals surface area contributed by atoms with Crippen LogP contribution in [0.3, 0.4) is 0 Å². The zero-order valence-electron chi connectivity index (χ0n) is 8.23. The lowest BCUT2D eigenvalue weighted by molar-refractivity contribution is 0.0697. The molecule has 0 bridgehead atoms. The minimum atomic E-state index is -1.18. The highest BCUT2D eigenvalue weighted by molar-refractivity contribution is 6.33. The fourth-order valence-electron chi connectivity index (χ4n) is 1.36. The molecule has 2 rings (SSSR count). The van der Waals surface area contributed by atoms with Crippen LogP contribution in [0.4, 0.5) is 0 Å². The molecule has 0 unspecified atom stereocenters. The Morgan fingerprint density at radius 3 is 2.29 bits per heavy atom. The third-order valence-electron chi connectivity index (χ3n) is 2.12. The monoisotopic (exact) mass is 255 g/mol. The van der Waals surface area contributed by atoms with E-state index in [4.69, 9.17) is 16.7 Å². The Morgan fingerprint density at radius 2 is 1.82 bits per heavy atom. The smallest absolute Gasteiger partial charge is 0.348 e. The Kier molecular flexibility index (Phi) is 2.60. The van der Waals surface area contributed by atoms with Crippen LogP contribution in [-0.2, 0) is 0 Å². The molecule has 7 nitrogen and oxygen atoms in total. The lowest BCUT2D eigenvalue weighted by Crippen LogP contribution is -2.24. The van der Waals surface area contributed by atoms with E-state index in [0.29, 0.717) is 0 Å². The first-order valence-electron chi connectivity index (χ1n) is 4.43. The fourth-order valence-corrected chi connectivity index (χ4v) is 1.62. The van der Waals surface area contributed by atoms with E-state index >= 15 is 0 Å². The number of benzene rings is 1. The number of nitrogens with one attached hydrogen (secondary N) is 2. The molecule has 17 heavy (non-hydrogen) atoms. The highest BCUT2D eigenvalue weighted by atomic mass is 35.5. The highest BCUT2D eigenvalue weighted by Gasteiger charge is 2.12. The molecule has 1 aromatic heterocycles. The van der Waals surface area contributed by atoms with E-state index in [1.807, 2.05) is 0 Å². The average Bonchev–Trinajstić information content (AvgIpc) is 2.58. The van der Waals surface area contributed by atoms with Crippen LogP contribution in [0, 0.1) is 0 Å². The van der Waals surface area contributed by atoms with Crippen molar-refractivity contribution >= 4 is 17.6 Å². The number of H-pyrrole nitrogens is 2. The number of hydrogen-bond acceptors (Lipinski definition) is 3. The normalized spacial score (nSPS) is 10.4. The summed E-state index contributed by atoms with van der Waals surface area (Å²) in [5.41, 5.74) is -1.23. The number of aromatic amines is 2. The van der Waals surface area contributed by atoms with Crippen LogP contribution in [0.5, 0.6) is 0 Å². The van der Waals surface area contributed by atoms with E-state index in [1.165, 1.54) is 18.2 Å². The lowest BCUT2D eigenvalue weighted by Gasteiger charge is -2.02. The molecule has 0 fully saturated rings. The fraction of sp³-hybridized carbons (Fsp3) is 0. The van der Waals surface area contributed by atoms with Crippen molar-refractivity contribution in [1.29, 1.82) is 0 Å². The van der Waals surface area contributed by atoms with Crippen molar-refractivity contribution in [2.75, 3.05) is 0 Å². The standard InChI is InChI=1S/C9H6ClN3O4/c10-6-3-4(1-2-5(6)7(14)15)13-8(16)11-12-9(13)17/h1-3H,(H,11,16)(H,12,17)(H,14,15). The molecule has 0 aliphatic rings. The van der Waals surface area contributed by atoms with Crippen LogP contribution in [0.15, 0.2) is 27.8 Å². The van der Waals surface area contributed by atoms with Gasteiger partial charge in [0, 0.05) is 0 Å². The van der Waals surface area contributed by atoms with E-state index in [0.717, 1.165) is 4.57 Å². The van der Waals surface area contributed by atoms with Gasteiger partial charge in [0.2, 0.25) is 0 Å². The second kappa shape index (κ2) is 3.95. The first-order chi connectivity index (χ1) is 8.00. The van der Waals surface area contributed by atoms with Crippen molar-refractivity contribution in [3.8, 4) is 5.69 Å². The van der Waals surface area contributed by atoms with Gasteiger partial charge in [-0.15, -0.1) is 0 Å². The van der Waals surface area contributed by atoms with Gasteiger partial charge >= 0.3 is 17.3 Å². The lowest BCUT2D eigenvalue weighted by atomic mass is 10.2. The minimum absolute atomic E-state index is 0.0532. The molecule has 0 atom stereocenters. The molecule has 0 aliphatic heterocycles. The van der Waals surface area contributed by atoms with Gasteiger partial charge in [0.15, 0.2) is 0 Å². The molecule has 0 radical (unpaired) electrons. The molecule has 88 valence electrons. The Hall–Kier alpha value is -2.28. The summed E-state index contributed by atoms with van der Waals surface area (Å²) < 4.78 is 0.803. The summed E-state index contributed by atoms with van der Waals surface area (Å²) in [6.07, 6.45) is 0. The first-order valence-corrected chi connectivity index (χ1v) is 4.81. The molecular weight excluding hydrogens is 250 g/mol. The molecule has 0 amide bonds. The molecular formula is C9H6ClN3O4. The summed E-state index contributed by atoms with van der Waals surface area (Å²) in [4.78, 5) is 33.3. The number of aromatic carboxylic acids is 1. The number of carbonyl (C=O) groups is 1. The summed E-state index contributed by atoms with van der Waals surface area (Å²) in [7, 11) is 0. The highest BCUT2D eigenvalue weighted by Crippen LogP contribution is 2.18. The van der Waals surface area contributed by atoms with Crippen LogP contribution in [0.1, 0.15) is 10.4 Å². The SMILES string of the molecule is O=C(O)c1ccc(-n2c(=O)[nH][nH]c2=O)cc1Cl. The Balaban J connectivity index is 2.64. The predicted octanol–water partition coefficient (Wildman–Crippen LogP) is 0.205. The second-order valence-corrected chi connectivity index (χ2v) is 3.57. The maximum atomic E-state index is 11.3. The first kappa shape index (κ1) is 11.2. The number of hydrogen-bond donors (Lipinski definition) is 3. The molecule has 1 heterocycles. The Labute approximate surface area is 98.3 Å². The van der Waals surface area contributed by atoms with Gasteiger partial charge in [-0.25, -0.2) is 29.1 Å². The summed E-state index contributed by atoms with van der Waals surface area (Å²) in [6.45, 7) is 0. The van der Waals surface area contributed by atoms with E-state index in [9.17, 15) is 14.4 Å². The molecule has 8 heteroatoms. The van der Waals surface area contributed by atoms with E-state index in [1.54, 1.807) is 0 Å². The van der Waals surface area contributed by atoms with E-state index in [2.05, 4.69) is 10.2 Å². The quantitative estimate of drug-likeness (QED) is 0.712.